The minimum Gasteiger partial charge on any atom is -0.349 e. The molecule has 90 valence electrons. The molecule has 0 aliphatic carbocycles. The van der Waals surface area contributed by atoms with E-state index < -0.39 is 6.04 Å². The van der Waals surface area contributed by atoms with E-state index in [4.69, 9.17) is 5.73 Å². The standard InChI is InChI=1S/C10H13N5OS/c1-15-5-7(2-14-15)9(11)10(16)13-4-8-3-12-6-17-8/h2-3,5-6,9H,4,11H2,1H3,(H,13,16). The first-order chi connectivity index (χ1) is 8.16. The molecule has 0 fully saturated rings. The predicted octanol–water partition coefficient (Wildman–Crippen LogP) is 0.193. The van der Waals surface area contributed by atoms with Gasteiger partial charge in [-0.2, -0.15) is 5.10 Å². The third kappa shape index (κ3) is 2.89. The van der Waals surface area contributed by atoms with E-state index in [1.54, 1.807) is 35.8 Å². The molecule has 2 rings (SSSR count). The summed E-state index contributed by atoms with van der Waals surface area (Å²) in [6, 6.07) is -0.684. The second-order valence-electron chi connectivity index (χ2n) is 3.61. The number of hydrogen-bond donors (Lipinski definition) is 2. The van der Waals surface area contributed by atoms with Gasteiger partial charge in [-0.15, -0.1) is 11.3 Å². The maximum Gasteiger partial charge on any atom is 0.241 e. The fourth-order valence-corrected chi connectivity index (χ4v) is 1.90. The van der Waals surface area contributed by atoms with Crippen LogP contribution in [0.15, 0.2) is 24.1 Å². The lowest BCUT2D eigenvalue weighted by molar-refractivity contribution is -0.122. The second kappa shape index (κ2) is 5.07. The first kappa shape index (κ1) is 11.7. The van der Waals surface area contributed by atoms with Crippen LogP contribution in [-0.2, 0) is 18.4 Å². The van der Waals surface area contributed by atoms with Crippen LogP contribution in [0, 0.1) is 0 Å². The monoisotopic (exact) mass is 251 g/mol. The third-order valence-corrected chi connectivity index (χ3v) is 3.07. The Kier molecular flexibility index (Phi) is 3.50. The van der Waals surface area contributed by atoms with Crippen molar-refractivity contribution in [3.63, 3.8) is 0 Å². The maximum atomic E-state index is 11.8. The molecule has 2 heterocycles. The zero-order valence-corrected chi connectivity index (χ0v) is 10.1. The predicted molar refractivity (Wildman–Crippen MR) is 64.1 cm³/mol. The molecular weight excluding hydrogens is 238 g/mol. The topological polar surface area (TPSA) is 85.8 Å². The van der Waals surface area contributed by atoms with Crippen molar-refractivity contribution in [3.8, 4) is 0 Å². The quantitative estimate of drug-likeness (QED) is 0.812. The molecule has 0 aliphatic rings. The zero-order chi connectivity index (χ0) is 12.3. The minimum absolute atomic E-state index is 0.216. The summed E-state index contributed by atoms with van der Waals surface area (Å²) in [5.74, 6) is -0.216. The van der Waals surface area contributed by atoms with Gasteiger partial charge >= 0.3 is 0 Å². The van der Waals surface area contributed by atoms with E-state index in [2.05, 4.69) is 15.4 Å². The number of nitrogens with one attached hydrogen (secondary N) is 1. The van der Waals surface area contributed by atoms with Crippen LogP contribution in [-0.4, -0.2) is 20.7 Å². The Bertz CT molecular complexity index is 493. The first-order valence-electron chi connectivity index (χ1n) is 5.06. The highest BCUT2D eigenvalue weighted by Crippen LogP contribution is 2.09. The fourth-order valence-electron chi connectivity index (χ4n) is 1.37. The molecule has 0 aromatic carbocycles. The highest BCUT2D eigenvalue weighted by atomic mass is 32.1. The van der Waals surface area contributed by atoms with Crippen molar-refractivity contribution in [2.45, 2.75) is 12.6 Å². The summed E-state index contributed by atoms with van der Waals surface area (Å²) in [6.45, 7) is 0.456. The van der Waals surface area contributed by atoms with Crippen molar-refractivity contribution in [2.24, 2.45) is 12.8 Å². The van der Waals surface area contributed by atoms with Crippen molar-refractivity contribution in [3.05, 3.63) is 34.5 Å². The molecule has 0 saturated heterocycles. The van der Waals surface area contributed by atoms with Gasteiger partial charge in [-0.25, -0.2) is 0 Å². The van der Waals surface area contributed by atoms with Crippen LogP contribution in [0.5, 0.6) is 0 Å². The molecule has 3 N–H and O–H groups in total. The normalized spacial score (nSPS) is 12.4. The Labute approximate surface area is 102 Å². The Hall–Kier alpha value is -1.73. The molecule has 0 bridgehead atoms. The number of amides is 1. The summed E-state index contributed by atoms with van der Waals surface area (Å²) in [7, 11) is 1.78. The van der Waals surface area contributed by atoms with E-state index in [1.807, 2.05) is 0 Å². The third-order valence-electron chi connectivity index (χ3n) is 2.29. The highest BCUT2D eigenvalue weighted by molar-refractivity contribution is 7.09. The van der Waals surface area contributed by atoms with E-state index in [0.29, 0.717) is 12.1 Å². The SMILES string of the molecule is Cn1cc(C(N)C(=O)NCc2cncs2)cn1. The van der Waals surface area contributed by atoms with E-state index in [1.165, 1.54) is 11.3 Å². The van der Waals surface area contributed by atoms with Gasteiger partial charge in [-0.05, 0) is 0 Å². The highest BCUT2D eigenvalue weighted by Gasteiger charge is 2.16. The Morgan fingerprint density at radius 1 is 1.65 bits per heavy atom. The number of nitrogens with zero attached hydrogens (tertiary/aromatic N) is 3. The maximum absolute atomic E-state index is 11.8. The van der Waals surface area contributed by atoms with Crippen molar-refractivity contribution in [1.82, 2.24) is 20.1 Å². The molecule has 2 aromatic rings. The molecule has 7 heteroatoms. The molecule has 0 aliphatic heterocycles. The first-order valence-corrected chi connectivity index (χ1v) is 5.94. The van der Waals surface area contributed by atoms with Gasteiger partial charge in [0.05, 0.1) is 18.3 Å². The molecule has 1 unspecified atom stereocenters. The van der Waals surface area contributed by atoms with Crippen LogP contribution in [0.25, 0.3) is 0 Å². The van der Waals surface area contributed by atoms with Gasteiger partial charge < -0.3 is 11.1 Å². The van der Waals surface area contributed by atoms with Gasteiger partial charge in [-0.1, -0.05) is 0 Å². The Morgan fingerprint density at radius 2 is 2.47 bits per heavy atom. The Balaban J connectivity index is 1.91. The van der Waals surface area contributed by atoms with E-state index in [0.717, 1.165) is 4.88 Å². The van der Waals surface area contributed by atoms with Gasteiger partial charge in [0.1, 0.15) is 6.04 Å². The lowest BCUT2D eigenvalue weighted by Gasteiger charge is -2.09. The number of hydrogen-bond acceptors (Lipinski definition) is 5. The Morgan fingerprint density at radius 3 is 3.06 bits per heavy atom. The summed E-state index contributed by atoms with van der Waals surface area (Å²) in [4.78, 5) is 16.7. The number of rotatable bonds is 4. The largest absolute Gasteiger partial charge is 0.349 e. The van der Waals surface area contributed by atoms with Gasteiger partial charge in [0.2, 0.25) is 5.91 Å². The van der Waals surface area contributed by atoms with Crippen LogP contribution < -0.4 is 11.1 Å². The van der Waals surface area contributed by atoms with Gasteiger partial charge in [-0.3, -0.25) is 14.5 Å². The van der Waals surface area contributed by atoms with Crippen molar-refractivity contribution >= 4 is 17.2 Å². The van der Waals surface area contributed by atoms with Gasteiger partial charge in [0, 0.05) is 29.9 Å². The second-order valence-corrected chi connectivity index (χ2v) is 4.58. The average molecular weight is 251 g/mol. The molecule has 0 spiro atoms. The van der Waals surface area contributed by atoms with E-state index in [-0.39, 0.29) is 5.91 Å². The summed E-state index contributed by atoms with van der Waals surface area (Å²) in [5.41, 5.74) is 8.24. The molecule has 1 atom stereocenters. The van der Waals surface area contributed by atoms with Crippen LogP contribution >= 0.6 is 11.3 Å². The summed E-state index contributed by atoms with van der Waals surface area (Å²) in [6.07, 6.45) is 5.05. The van der Waals surface area contributed by atoms with Crippen molar-refractivity contribution in [2.75, 3.05) is 0 Å². The number of aryl methyl sites for hydroxylation is 1. The van der Waals surface area contributed by atoms with Crippen molar-refractivity contribution in [1.29, 1.82) is 0 Å². The lowest BCUT2D eigenvalue weighted by Crippen LogP contribution is -2.33. The molecule has 0 saturated carbocycles. The number of thiazole rings is 1. The smallest absolute Gasteiger partial charge is 0.241 e. The van der Waals surface area contributed by atoms with Crippen LogP contribution in [0.2, 0.25) is 0 Å². The van der Waals surface area contributed by atoms with Crippen LogP contribution in [0.3, 0.4) is 0 Å². The molecule has 2 aromatic heterocycles. The number of aromatic nitrogens is 3. The van der Waals surface area contributed by atoms with Crippen LogP contribution in [0.4, 0.5) is 0 Å². The average Bonchev–Trinajstić information content (AvgIpc) is 2.95. The number of carbonyl (C=O) groups is 1. The van der Waals surface area contributed by atoms with Crippen LogP contribution in [0.1, 0.15) is 16.5 Å². The van der Waals surface area contributed by atoms with Gasteiger partial charge in [0.15, 0.2) is 0 Å². The lowest BCUT2D eigenvalue weighted by atomic mass is 10.1. The molecule has 0 radical (unpaired) electrons. The number of nitrogens with two attached hydrogens (primary N) is 1. The van der Waals surface area contributed by atoms with Crippen molar-refractivity contribution < 1.29 is 4.79 Å². The minimum atomic E-state index is -0.684. The number of carbonyl (C=O) groups excluding carboxylic acids is 1. The fraction of sp³-hybridized carbons (Fsp3) is 0.300. The summed E-state index contributed by atoms with van der Waals surface area (Å²) >= 11 is 1.49. The molecule has 6 nitrogen and oxygen atoms in total. The summed E-state index contributed by atoms with van der Waals surface area (Å²) < 4.78 is 1.62. The molecular formula is C10H13N5OS. The molecule has 17 heavy (non-hydrogen) atoms. The van der Waals surface area contributed by atoms with E-state index >= 15 is 0 Å². The van der Waals surface area contributed by atoms with Gasteiger partial charge in [0.25, 0.3) is 0 Å². The summed E-state index contributed by atoms with van der Waals surface area (Å²) in [5, 5.41) is 6.74. The molecule has 1 amide bonds. The zero-order valence-electron chi connectivity index (χ0n) is 9.33. The van der Waals surface area contributed by atoms with E-state index in [9.17, 15) is 4.79 Å².